The first-order chi connectivity index (χ1) is 30.7. The zero-order valence-electron chi connectivity index (χ0n) is 33.7. The van der Waals surface area contributed by atoms with Gasteiger partial charge in [-0.15, -0.1) is 0 Å². The third-order valence-corrected chi connectivity index (χ3v) is 12.9. The Balaban J connectivity index is 1.04. The van der Waals surface area contributed by atoms with E-state index in [0.29, 0.717) is 17.5 Å². The molecule has 1 atom stereocenters. The lowest BCUT2D eigenvalue weighted by molar-refractivity contribution is 0.820. The molecule has 9 aromatic carbocycles. The number of benzene rings is 9. The van der Waals surface area contributed by atoms with Crippen LogP contribution in [0.1, 0.15) is 17.9 Å². The van der Waals surface area contributed by atoms with Gasteiger partial charge in [-0.25, -0.2) is 15.0 Å². The summed E-state index contributed by atoms with van der Waals surface area (Å²) in [5.74, 6) is 2.16. The molecule has 5 nitrogen and oxygen atoms in total. The van der Waals surface area contributed by atoms with Gasteiger partial charge in [0.15, 0.2) is 17.5 Å². The molecular weight excluding hydrogens is 755 g/mol. The lowest BCUT2D eigenvalue weighted by Crippen LogP contribution is -2.15. The Hall–Kier alpha value is -8.15. The quantitative estimate of drug-likeness (QED) is 0.174. The summed E-state index contributed by atoms with van der Waals surface area (Å²) in [7, 11) is 0. The lowest BCUT2D eigenvalue weighted by Gasteiger charge is -2.26. The Kier molecular flexibility index (Phi) is 7.66. The fraction of sp³-hybridized carbons (Fsp3) is 0.0351. The highest BCUT2D eigenvalue weighted by Gasteiger charge is 2.37. The van der Waals surface area contributed by atoms with E-state index in [1.54, 1.807) is 0 Å². The lowest BCUT2D eigenvalue weighted by atomic mass is 9.91. The molecule has 2 aliphatic rings. The Labute approximate surface area is 358 Å². The molecule has 0 radical (unpaired) electrons. The molecular formula is C57H37N5. The van der Waals surface area contributed by atoms with Crippen LogP contribution in [-0.4, -0.2) is 19.5 Å². The zero-order valence-corrected chi connectivity index (χ0v) is 33.7. The number of rotatable bonds is 5. The van der Waals surface area contributed by atoms with Gasteiger partial charge in [0.25, 0.3) is 0 Å². The SMILES string of the molecule is C1=CCC2C(=C1)N(c1ccc(-c3nc(-c4ccccc4)nc(-c4ccccc4)n3)c3ccccc13)c1cc3c4c5ccccc5ccc4n(-c4ccc5ccccc5c4)c3cc12. The van der Waals surface area contributed by atoms with Crippen molar-refractivity contribution in [1.29, 1.82) is 0 Å². The average Bonchev–Trinajstić information content (AvgIpc) is 3.85. The molecule has 13 rings (SSSR count). The van der Waals surface area contributed by atoms with Crippen LogP contribution < -0.4 is 4.90 Å². The molecule has 1 aliphatic carbocycles. The molecule has 2 aromatic heterocycles. The molecule has 0 fully saturated rings. The van der Waals surface area contributed by atoms with E-state index in [1.807, 2.05) is 36.4 Å². The van der Waals surface area contributed by atoms with E-state index < -0.39 is 0 Å². The minimum atomic E-state index is 0.211. The van der Waals surface area contributed by atoms with E-state index >= 15 is 0 Å². The van der Waals surface area contributed by atoms with Gasteiger partial charge in [0, 0.05) is 50.2 Å². The van der Waals surface area contributed by atoms with E-state index in [2.05, 4.69) is 179 Å². The predicted molar refractivity (Wildman–Crippen MR) is 256 cm³/mol. The predicted octanol–water partition coefficient (Wildman–Crippen LogP) is 14.5. The topological polar surface area (TPSA) is 46.8 Å². The third-order valence-electron chi connectivity index (χ3n) is 12.9. The molecule has 1 unspecified atom stereocenters. The van der Waals surface area contributed by atoms with Crippen molar-refractivity contribution >= 4 is 65.5 Å². The van der Waals surface area contributed by atoms with Gasteiger partial charge in [-0.3, -0.25) is 0 Å². The second-order valence-corrected chi connectivity index (χ2v) is 16.3. The number of anilines is 2. The smallest absolute Gasteiger partial charge is 0.164 e. The van der Waals surface area contributed by atoms with Crippen LogP contribution in [0.4, 0.5) is 11.4 Å². The molecule has 3 heterocycles. The van der Waals surface area contributed by atoms with Crippen LogP contribution in [0.25, 0.3) is 94.0 Å². The molecule has 62 heavy (non-hydrogen) atoms. The summed E-state index contributed by atoms with van der Waals surface area (Å²) >= 11 is 0. The highest BCUT2D eigenvalue weighted by Crippen LogP contribution is 2.54. The number of fused-ring (bicyclic) bond motifs is 10. The summed E-state index contributed by atoms with van der Waals surface area (Å²) in [5, 5.41) is 9.71. The van der Waals surface area contributed by atoms with Crippen molar-refractivity contribution in [2.75, 3.05) is 4.90 Å². The van der Waals surface area contributed by atoms with Gasteiger partial charge < -0.3 is 9.47 Å². The van der Waals surface area contributed by atoms with Crippen LogP contribution in [0.2, 0.25) is 0 Å². The standard InChI is InChI=1S/C57H37N5/c1-3-17-38(18-4-1)55-58-56(39-19-5-2-6-20-39)60-57(59-55)46-30-32-50(44-24-12-11-23-43(44)46)62-49-26-14-13-25-45(49)47-34-53-48(35-52(47)62)54-42-22-10-9-16-37(42)28-31-51(54)61(53)41-29-27-36-15-7-8-21-40(36)33-41/h1-24,26-35,45H,25H2. The van der Waals surface area contributed by atoms with Crippen molar-refractivity contribution in [3.8, 4) is 39.9 Å². The molecule has 11 aromatic rings. The van der Waals surface area contributed by atoms with Gasteiger partial charge in [-0.05, 0) is 87.5 Å². The van der Waals surface area contributed by atoms with E-state index in [9.17, 15) is 0 Å². The number of nitrogens with zero attached hydrogens (tertiary/aromatic N) is 5. The van der Waals surface area contributed by atoms with Crippen molar-refractivity contribution in [1.82, 2.24) is 19.5 Å². The first kappa shape index (κ1) is 34.7. The highest BCUT2D eigenvalue weighted by molar-refractivity contribution is 6.22. The Morgan fingerprint density at radius 1 is 0.452 bits per heavy atom. The summed E-state index contributed by atoms with van der Waals surface area (Å²) in [6.45, 7) is 0. The highest BCUT2D eigenvalue weighted by atomic mass is 15.2. The minimum absolute atomic E-state index is 0.211. The maximum atomic E-state index is 5.15. The molecule has 290 valence electrons. The van der Waals surface area contributed by atoms with Crippen LogP contribution in [0.5, 0.6) is 0 Å². The number of aromatic nitrogens is 4. The molecule has 5 heteroatoms. The van der Waals surface area contributed by atoms with Crippen LogP contribution in [0, 0.1) is 0 Å². The normalized spacial score (nSPS) is 14.5. The summed E-state index contributed by atoms with van der Waals surface area (Å²) in [5.41, 5.74) is 11.5. The number of hydrogen-bond donors (Lipinski definition) is 0. The molecule has 0 N–H and O–H groups in total. The van der Waals surface area contributed by atoms with Crippen molar-refractivity contribution in [2.45, 2.75) is 12.3 Å². The second kappa shape index (κ2) is 13.7. The molecule has 1 aliphatic heterocycles. The van der Waals surface area contributed by atoms with Crippen molar-refractivity contribution in [3.05, 3.63) is 218 Å². The maximum Gasteiger partial charge on any atom is 0.164 e. The van der Waals surface area contributed by atoms with Crippen molar-refractivity contribution in [2.24, 2.45) is 0 Å². The summed E-state index contributed by atoms with van der Waals surface area (Å²) in [6.07, 6.45) is 7.79. The summed E-state index contributed by atoms with van der Waals surface area (Å²) < 4.78 is 2.49. The van der Waals surface area contributed by atoms with Gasteiger partial charge in [0.05, 0.1) is 22.4 Å². The summed E-state index contributed by atoms with van der Waals surface area (Å²) in [6, 6.07) is 67.4. The van der Waals surface area contributed by atoms with Crippen LogP contribution >= 0.6 is 0 Å². The molecule has 0 saturated carbocycles. The second-order valence-electron chi connectivity index (χ2n) is 16.3. The van der Waals surface area contributed by atoms with Crippen LogP contribution in [-0.2, 0) is 0 Å². The first-order valence-electron chi connectivity index (χ1n) is 21.3. The van der Waals surface area contributed by atoms with Crippen LogP contribution in [0.15, 0.2) is 212 Å². The fourth-order valence-corrected chi connectivity index (χ4v) is 10.0. The van der Waals surface area contributed by atoms with E-state index in [1.165, 1.54) is 66.0 Å². The van der Waals surface area contributed by atoms with E-state index in [4.69, 9.17) is 15.0 Å². The number of hydrogen-bond acceptors (Lipinski definition) is 4. The average molecular weight is 792 g/mol. The van der Waals surface area contributed by atoms with E-state index in [0.717, 1.165) is 39.6 Å². The number of allylic oxidation sites excluding steroid dienone is 4. The van der Waals surface area contributed by atoms with Gasteiger partial charge in [0.2, 0.25) is 0 Å². The van der Waals surface area contributed by atoms with Crippen molar-refractivity contribution < 1.29 is 0 Å². The Bertz CT molecular complexity index is 3620. The van der Waals surface area contributed by atoms with Gasteiger partial charge in [-0.1, -0.05) is 158 Å². The minimum Gasteiger partial charge on any atom is -0.313 e. The summed E-state index contributed by atoms with van der Waals surface area (Å²) in [4.78, 5) is 17.8. The van der Waals surface area contributed by atoms with Gasteiger partial charge in [0.1, 0.15) is 0 Å². The largest absolute Gasteiger partial charge is 0.313 e. The molecule has 0 bridgehead atoms. The molecule has 0 saturated heterocycles. The Morgan fingerprint density at radius 2 is 1.10 bits per heavy atom. The maximum absolute atomic E-state index is 5.15. The van der Waals surface area contributed by atoms with Gasteiger partial charge >= 0.3 is 0 Å². The van der Waals surface area contributed by atoms with Crippen LogP contribution in [0.3, 0.4) is 0 Å². The van der Waals surface area contributed by atoms with Gasteiger partial charge in [-0.2, -0.15) is 0 Å². The monoisotopic (exact) mass is 791 g/mol. The molecule has 0 amide bonds. The Morgan fingerprint density at radius 3 is 1.87 bits per heavy atom. The van der Waals surface area contributed by atoms with E-state index in [-0.39, 0.29) is 5.92 Å². The fourth-order valence-electron chi connectivity index (χ4n) is 10.0. The first-order valence-corrected chi connectivity index (χ1v) is 21.3. The third kappa shape index (κ3) is 5.31. The van der Waals surface area contributed by atoms with Crippen molar-refractivity contribution in [3.63, 3.8) is 0 Å². The molecule has 0 spiro atoms. The zero-order chi connectivity index (χ0) is 40.7.